The molecule has 2 unspecified atom stereocenters. The standard InChI is InChI=1S/C23H29N3O6/c1-5-31-22(27)19-14(2)24-15(3)20(23(28)32-18-10-7-11-25(4)13-18)21(19)16-8-6-9-17(12-16)26(29)30/h6,8-9,12,18-19,21H,5,7,10-11,13H2,1-4H3/p+1/t18-,19?,21+/m1/s1. The van der Waals surface area contributed by atoms with E-state index in [4.69, 9.17) is 9.47 Å². The lowest BCUT2D eigenvalue weighted by Crippen LogP contribution is -3.11. The molecule has 0 spiro atoms. The number of non-ortho nitro benzene ring substituents is 1. The number of hydrogen-bond donors (Lipinski definition) is 1. The van der Waals surface area contributed by atoms with E-state index in [-0.39, 0.29) is 24.0 Å². The Kier molecular flexibility index (Phi) is 7.40. The normalized spacial score (nSPS) is 25.7. The van der Waals surface area contributed by atoms with Crippen LogP contribution in [0.15, 0.2) is 40.5 Å². The molecule has 0 aromatic heterocycles. The molecule has 172 valence electrons. The van der Waals surface area contributed by atoms with Crippen LogP contribution in [0.1, 0.15) is 45.1 Å². The van der Waals surface area contributed by atoms with Gasteiger partial charge in [0.25, 0.3) is 5.69 Å². The fourth-order valence-electron chi connectivity index (χ4n) is 4.57. The number of ether oxygens (including phenoxy) is 2. The maximum atomic E-state index is 13.4. The van der Waals surface area contributed by atoms with Gasteiger partial charge < -0.3 is 14.4 Å². The van der Waals surface area contributed by atoms with Crippen molar-refractivity contribution in [1.82, 2.24) is 0 Å². The monoisotopic (exact) mass is 444 g/mol. The quantitative estimate of drug-likeness (QED) is 0.407. The summed E-state index contributed by atoms with van der Waals surface area (Å²) in [5.41, 5.74) is 1.55. The van der Waals surface area contributed by atoms with E-state index >= 15 is 0 Å². The van der Waals surface area contributed by atoms with Crippen LogP contribution in [0.4, 0.5) is 5.69 Å². The van der Waals surface area contributed by atoms with E-state index in [2.05, 4.69) is 12.0 Å². The number of esters is 2. The Balaban J connectivity index is 2.05. The number of nitro benzene ring substituents is 1. The highest BCUT2D eigenvalue weighted by Crippen LogP contribution is 2.41. The largest absolute Gasteiger partial charge is 0.465 e. The molecule has 0 bridgehead atoms. The lowest BCUT2D eigenvalue weighted by Gasteiger charge is -2.33. The molecular weight excluding hydrogens is 414 g/mol. The minimum absolute atomic E-state index is 0.117. The first-order valence-corrected chi connectivity index (χ1v) is 10.9. The molecule has 0 aliphatic carbocycles. The van der Waals surface area contributed by atoms with Crippen LogP contribution in [0.5, 0.6) is 0 Å². The Morgan fingerprint density at radius 3 is 2.72 bits per heavy atom. The van der Waals surface area contributed by atoms with Crippen LogP contribution in [0, 0.1) is 16.0 Å². The van der Waals surface area contributed by atoms with Crippen molar-refractivity contribution in [2.24, 2.45) is 10.9 Å². The smallest absolute Gasteiger partial charge is 0.337 e. The van der Waals surface area contributed by atoms with Gasteiger partial charge in [-0.05, 0) is 32.8 Å². The zero-order valence-electron chi connectivity index (χ0n) is 18.9. The second-order valence-electron chi connectivity index (χ2n) is 8.39. The molecule has 1 aromatic rings. The summed E-state index contributed by atoms with van der Waals surface area (Å²) < 4.78 is 11.1. The van der Waals surface area contributed by atoms with Crippen molar-refractivity contribution in [1.29, 1.82) is 0 Å². The molecule has 2 aliphatic heterocycles. The highest BCUT2D eigenvalue weighted by molar-refractivity contribution is 6.07. The van der Waals surface area contributed by atoms with E-state index < -0.39 is 28.7 Å². The molecule has 3 rings (SSSR count). The fourth-order valence-corrected chi connectivity index (χ4v) is 4.57. The summed E-state index contributed by atoms with van der Waals surface area (Å²) in [5, 5.41) is 11.4. The average Bonchev–Trinajstić information content (AvgIpc) is 2.73. The summed E-state index contributed by atoms with van der Waals surface area (Å²) in [4.78, 5) is 42.9. The molecule has 9 heteroatoms. The Labute approximate surface area is 187 Å². The highest BCUT2D eigenvalue weighted by atomic mass is 16.6. The third-order valence-corrected chi connectivity index (χ3v) is 6.01. The number of quaternary nitrogens is 1. The van der Waals surface area contributed by atoms with Crippen molar-refractivity contribution < 1.29 is 28.9 Å². The number of carbonyl (C=O) groups excluding carboxylic acids is 2. The van der Waals surface area contributed by atoms with Gasteiger partial charge in [0.1, 0.15) is 12.5 Å². The Bertz CT molecular complexity index is 970. The minimum Gasteiger partial charge on any atom is -0.465 e. The van der Waals surface area contributed by atoms with Gasteiger partial charge in [0, 0.05) is 35.9 Å². The first kappa shape index (κ1) is 23.6. The molecule has 2 heterocycles. The van der Waals surface area contributed by atoms with Gasteiger partial charge in [-0.25, -0.2) is 4.79 Å². The summed E-state index contributed by atoms with van der Waals surface area (Å²) in [6.45, 7) is 7.02. The maximum Gasteiger partial charge on any atom is 0.337 e. The van der Waals surface area contributed by atoms with Crippen molar-refractivity contribution in [3.63, 3.8) is 0 Å². The summed E-state index contributed by atoms with van der Waals surface area (Å²) >= 11 is 0. The number of likely N-dealkylation sites (N-methyl/N-ethyl adjacent to an activating group) is 1. The van der Waals surface area contributed by atoms with E-state index in [1.165, 1.54) is 17.0 Å². The number of nitro groups is 1. The van der Waals surface area contributed by atoms with Gasteiger partial charge in [-0.15, -0.1) is 0 Å². The SMILES string of the molecule is CCOC(=O)C1C(C)=NC(C)=C(C(=O)O[C@@H]2CCC[NH+](C)C2)[C@H]1c1cccc([N+](=O)[O-])c1. The zero-order valence-corrected chi connectivity index (χ0v) is 18.9. The zero-order chi connectivity index (χ0) is 23.4. The fraction of sp³-hybridized carbons (Fsp3) is 0.522. The van der Waals surface area contributed by atoms with E-state index in [1.807, 2.05) is 0 Å². The number of piperidine rings is 1. The number of rotatable bonds is 6. The molecule has 9 nitrogen and oxygen atoms in total. The number of hydrogen-bond acceptors (Lipinski definition) is 7. The Morgan fingerprint density at radius 1 is 1.31 bits per heavy atom. The summed E-state index contributed by atoms with van der Waals surface area (Å²) in [6.07, 6.45) is 1.51. The molecule has 0 saturated carbocycles. The van der Waals surface area contributed by atoms with Crippen LogP contribution < -0.4 is 4.90 Å². The second kappa shape index (κ2) is 10.0. The number of likely N-dealkylation sites (tertiary alicyclic amines) is 1. The highest BCUT2D eigenvalue weighted by Gasteiger charge is 2.43. The number of nitrogens with one attached hydrogen (secondary N) is 1. The number of carbonyl (C=O) groups is 2. The molecule has 0 radical (unpaired) electrons. The Hall–Kier alpha value is -3.07. The number of nitrogens with zero attached hydrogens (tertiary/aromatic N) is 2. The topological polar surface area (TPSA) is 113 Å². The van der Waals surface area contributed by atoms with Gasteiger partial charge in [0.2, 0.25) is 0 Å². The van der Waals surface area contributed by atoms with Gasteiger partial charge in [-0.3, -0.25) is 19.9 Å². The molecule has 1 saturated heterocycles. The van der Waals surface area contributed by atoms with E-state index in [0.29, 0.717) is 23.5 Å². The predicted molar refractivity (Wildman–Crippen MR) is 118 cm³/mol. The first-order chi connectivity index (χ1) is 15.2. The van der Waals surface area contributed by atoms with Crippen molar-refractivity contribution in [2.45, 2.75) is 45.6 Å². The number of aliphatic imine (C=N–C) groups is 1. The molecule has 2 aliphatic rings. The number of allylic oxidation sites excluding steroid dienone is 1. The van der Waals surface area contributed by atoms with Crippen LogP contribution in [-0.4, -0.2) is 55.4 Å². The first-order valence-electron chi connectivity index (χ1n) is 10.9. The third-order valence-electron chi connectivity index (χ3n) is 6.01. The lowest BCUT2D eigenvalue weighted by atomic mass is 9.75. The maximum absolute atomic E-state index is 13.4. The van der Waals surface area contributed by atoms with E-state index in [9.17, 15) is 19.7 Å². The van der Waals surface area contributed by atoms with Crippen molar-refractivity contribution in [3.8, 4) is 0 Å². The molecule has 4 atom stereocenters. The predicted octanol–water partition coefficient (Wildman–Crippen LogP) is 1.83. The van der Waals surface area contributed by atoms with E-state index in [0.717, 1.165) is 19.4 Å². The van der Waals surface area contributed by atoms with Crippen molar-refractivity contribution >= 4 is 23.3 Å². The summed E-state index contributed by atoms with van der Waals surface area (Å²) in [5.74, 6) is -2.72. The molecule has 1 fully saturated rings. The molecular formula is C23H30N3O6+. The van der Waals surface area contributed by atoms with Crippen LogP contribution in [0.2, 0.25) is 0 Å². The minimum atomic E-state index is -0.872. The molecule has 32 heavy (non-hydrogen) atoms. The summed E-state index contributed by atoms with van der Waals surface area (Å²) in [7, 11) is 2.06. The molecule has 0 amide bonds. The summed E-state index contributed by atoms with van der Waals surface area (Å²) in [6, 6.07) is 6.01. The molecule has 1 N–H and O–H groups in total. The van der Waals surface area contributed by atoms with Gasteiger partial charge >= 0.3 is 11.9 Å². The Morgan fingerprint density at radius 2 is 2.06 bits per heavy atom. The number of benzene rings is 1. The van der Waals surface area contributed by atoms with Gasteiger partial charge in [0.05, 0.1) is 30.7 Å². The van der Waals surface area contributed by atoms with E-state index in [1.54, 1.807) is 32.9 Å². The lowest BCUT2D eigenvalue weighted by molar-refractivity contribution is -0.888. The van der Waals surface area contributed by atoms with Crippen molar-refractivity contribution in [2.75, 3.05) is 26.7 Å². The van der Waals surface area contributed by atoms with Gasteiger partial charge in [0.15, 0.2) is 6.10 Å². The van der Waals surface area contributed by atoms with Crippen LogP contribution in [0.25, 0.3) is 0 Å². The van der Waals surface area contributed by atoms with Crippen LogP contribution in [-0.2, 0) is 19.1 Å². The van der Waals surface area contributed by atoms with Gasteiger partial charge in [-0.2, -0.15) is 0 Å². The second-order valence-corrected chi connectivity index (χ2v) is 8.39. The third kappa shape index (κ3) is 5.04. The average molecular weight is 445 g/mol. The van der Waals surface area contributed by atoms with Crippen LogP contribution >= 0.6 is 0 Å². The molecule has 1 aromatic carbocycles. The van der Waals surface area contributed by atoms with Crippen LogP contribution in [0.3, 0.4) is 0 Å². The van der Waals surface area contributed by atoms with Crippen molar-refractivity contribution in [3.05, 3.63) is 51.2 Å². The van der Waals surface area contributed by atoms with Gasteiger partial charge in [-0.1, -0.05) is 12.1 Å².